The molecule has 0 aliphatic carbocycles. The molecule has 2 aromatic carbocycles. The molecular weight excluding hydrogens is 330 g/mol. The van der Waals surface area contributed by atoms with Gasteiger partial charge in [-0.05, 0) is 23.8 Å². The maximum atomic E-state index is 12.4. The lowest BCUT2D eigenvalue weighted by Gasteiger charge is -2.15. The van der Waals surface area contributed by atoms with Crippen LogP contribution in [0, 0.1) is 0 Å². The summed E-state index contributed by atoms with van der Waals surface area (Å²) >= 11 is 0. The van der Waals surface area contributed by atoms with Crippen LogP contribution < -0.4 is 25.0 Å². The van der Waals surface area contributed by atoms with Gasteiger partial charge < -0.3 is 34.6 Å². The highest BCUT2D eigenvalue weighted by molar-refractivity contribution is 6.11. The first-order valence-electron chi connectivity index (χ1n) is 6.97. The molecule has 25 heavy (non-hydrogen) atoms. The van der Waals surface area contributed by atoms with Gasteiger partial charge in [0.1, 0.15) is 11.5 Å². The van der Waals surface area contributed by atoms with E-state index in [1.54, 1.807) is 6.07 Å². The third kappa shape index (κ3) is 3.86. The lowest BCUT2D eigenvalue weighted by atomic mass is 10.0. The number of aromatic carboxylic acids is 2. The number of carbonyl (C=O) groups is 3. The molecular formula is C17H13NO7-2. The molecule has 2 rings (SSSR count). The standard InChI is InChI=1S/C17H15NO7/c1-24-10-4-6-13(14(8-10)25-2)18-15(19)12-7-9(16(20)21)3-5-11(12)17(22)23/h3-8H,1-2H3,(H,18,19)(H,20,21)(H,22,23)/p-2. The minimum absolute atomic E-state index is 0.247. The smallest absolute Gasteiger partial charge is 0.256 e. The molecule has 0 bridgehead atoms. The van der Waals surface area contributed by atoms with Gasteiger partial charge in [0.15, 0.2) is 0 Å². The van der Waals surface area contributed by atoms with Crippen molar-refractivity contribution in [2.75, 3.05) is 19.5 Å². The van der Waals surface area contributed by atoms with E-state index in [2.05, 4.69) is 5.32 Å². The van der Waals surface area contributed by atoms with Crippen molar-refractivity contribution in [3.05, 3.63) is 53.1 Å². The number of anilines is 1. The molecule has 0 aliphatic heterocycles. The van der Waals surface area contributed by atoms with E-state index < -0.39 is 23.4 Å². The van der Waals surface area contributed by atoms with E-state index in [0.29, 0.717) is 5.75 Å². The highest BCUT2D eigenvalue weighted by atomic mass is 16.5. The molecule has 1 amide bonds. The van der Waals surface area contributed by atoms with Crippen molar-refractivity contribution in [3.63, 3.8) is 0 Å². The second-order valence-electron chi connectivity index (χ2n) is 4.86. The van der Waals surface area contributed by atoms with Gasteiger partial charge in [0.25, 0.3) is 5.91 Å². The van der Waals surface area contributed by atoms with Crippen molar-refractivity contribution in [1.29, 1.82) is 0 Å². The summed E-state index contributed by atoms with van der Waals surface area (Å²) in [6.45, 7) is 0. The van der Waals surface area contributed by atoms with E-state index in [-0.39, 0.29) is 22.6 Å². The summed E-state index contributed by atoms with van der Waals surface area (Å²) in [4.78, 5) is 34.6. The Morgan fingerprint density at radius 2 is 1.60 bits per heavy atom. The van der Waals surface area contributed by atoms with Crippen molar-refractivity contribution in [2.24, 2.45) is 0 Å². The summed E-state index contributed by atoms with van der Waals surface area (Å²) in [5.41, 5.74) is -0.914. The monoisotopic (exact) mass is 343 g/mol. The van der Waals surface area contributed by atoms with E-state index in [1.807, 2.05) is 0 Å². The van der Waals surface area contributed by atoms with Gasteiger partial charge in [-0.15, -0.1) is 0 Å². The van der Waals surface area contributed by atoms with Crippen molar-refractivity contribution >= 4 is 23.5 Å². The Hall–Kier alpha value is -3.55. The number of carbonyl (C=O) groups excluding carboxylic acids is 3. The second kappa shape index (κ2) is 7.35. The van der Waals surface area contributed by atoms with Gasteiger partial charge in [-0.25, -0.2) is 0 Å². The van der Waals surface area contributed by atoms with Crippen LogP contribution in [-0.2, 0) is 0 Å². The quantitative estimate of drug-likeness (QED) is 0.761. The van der Waals surface area contributed by atoms with Gasteiger partial charge in [0.05, 0.1) is 31.8 Å². The predicted octanol–water partition coefficient (Wildman–Crippen LogP) is -0.317. The van der Waals surface area contributed by atoms with Gasteiger partial charge in [-0.1, -0.05) is 12.1 Å². The molecule has 0 aromatic heterocycles. The van der Waals surface area contributed by atoms with Crippen LogP contribution in [0.3, 0.4) is 0 Å². The highest BCUT2D eigenvalue weighted by Gasteiger charge is 2.16. The third-order valence-electron chi connectivity index (χ3n) is 3.38. The molecule has 0 heterocycles. The van der Waals surface area contributed by atoms with Crippen LogP contribution in [0.5, 0.6) is 11.5 Å². The van der Waals surface area contributed by atoms with Crippen molar-refractivity contribution in [2.45, 2.75) is 0 Å². The molecule has 0 unspecified atom stereocenters. The number of carboxylic acid groups (broad SMARTS) is 2. The van der Waals surface area contributed by atoms with Crippen LogP contribution in [0.15, 0.2) is 36.4 Å². The summed E-state index contributed by atoms with van der Waals surface area (Å²) in [5.74, 6) is -3.23. The summed E-state index contributed by atoms with van der Waals surface area (Å²) in [7, 11) is 2.85. The Labute approximate surface area is 142 Å². The van der Waals surface area contributed by atoms with Gasteiger partial charge >= 0.3 is 0 Å². The second-order valence-corrected chi connectivity index (χ2v) is 4.86. The number of nitrogens with one attached hydrogen (secondary N) is 1. The summed E-state index contributed by atoms with van der Waals surface area (Å²) < 4.78 is 10.2. The zero-order valence-corrected chi connectivity index (χ0v) is 13.3. The number of amides is 1. The Morgan fingerprint density at radius 1 is 0.880 bits per heavy atom. The Morgan fingerprint density at radius 3 is 2.16 bits per heavy atom. The molecule has 0 fully saturated rings. The number of methoxy groups -OCH3 is 2. The van der Waals surface area contributed by atoms with Gasteiger partial charge in [0, 0.05) is 17.2 Å². The minimum atomic E-state index is -1.61. The van der Waals surface area contributed by atoms with E-state index in [0.717, 1.165) is 18.2 Å². The molecule has 130 valence electrons. The first kappa shape index (κ1) is 17.8. The largest absolute Gasteiger partial charge is 0.545 e. The molecule has 2 aromatic rings. The van der Waals surface area contributed by atoms with Crippen LogP contribution in [0.2, 0.25) is 0 Å². The summed E-state index contributed by atoms with van der Waals surface area (Å²) in [5, 5.41) is 24.6. The lowest BCUT2D eigenvalue weighted by molar-refractivity contribution is -0.256. The van der Waals surface area contributed by atoms with Crippen molar-refractivity contribution in [3.8, 4) is 11.5 Å². The fourth-order valence-electron chi connectivity index (χ4n) is 2.13. The number of rotatable bonds is 6. The topological polar surface area (TPSA) is 128 Å². The van der Waals surface area contributed by atoms with Crippen LogP contribution in [0.1, 0.15) is 31.1 Å². The first-order valence-corrected chi connectivity index (χ1v) is 6.97. The van der Waals surface area contributed by atoms with Gasteiger partial charge in [-0.2, -0.15) is 0 Å². The Bertz CT molecular complexity index is 845. The highest BCUT2D eigenvalue weighted by Crippen LogP contribution is 2.29. The zero-order chi connectivity index (χ0) is 18.6. The van der Waals surface area contributed by atoms with E-state index in [1.165, 1.54) is 26.4 Å². The van der Waals surface area contributed by atoms with Crippen LogP contribution in [-0.4, -0.2) is 32.1 Å². The molecule has 0 saturated heterocycles. The van der Waals surface area contributed by atoms with E-state index in [4.69, 9.17) is 9.47 Å². The van der Waals surface area contributed by atoms with E-state index in [9.17, 15) is 24.6 Å². The van der Waals surface area contributed by atoms with E-state index >= 15 is 0 Å². The summed E-state index contributed by atoms with van der Waals surface area (Å²) in [6.07, 6.45) is 0. The lowest BCUT2D eigenvalue weighted by Crippen LogP contribution is -2.28. The molecule has 0 spiro atoms. The van der Waals surface area contributed by atoms with Gasteiger partial charge in [0.2, 0.25) is 0 Å². The zero-order valence-electron chi connectivity index (χ0n) is 13.3. The van der Waals surface area contributed by atoms with Crippen molar-refractivity contribution in [1.82, 2.24) is 0 Å². The number of hydrogen-bond acceptors (Lipinski definition) is 7. The molecule has 0 aliphatic rings. The molecule has 8 nitrogen and oxygen atoms in total. The fraction of sp³-hybridized carbons (Fsp3) is 0.118. The SMILES string of the molecule is COc1ccc(NC(=O)c2cc(C(=O)[O-])ccc2C(=O)[O-])c(OC)c1. The summed E-state index contributed by atoms with van der Waals surface area (Å²) in [6, 6.07) is 7.48. The van der Waals surface area contributed by atoms with Gasteiger partial charge in [-0.3, -0.25) is 4.79 Å². The first-order chi connectivity index (χ1) is 11.9. The number of hydrogen-bond donors (Lipinski definition) is 1. The van der Waals surface area contributed by atoms with Crippen LogP contribution in [0.4, 0.5) is 5.69 Å². The minimum Gasteiger partial charge on any atom is -0.545 e. The van der Waals surface area contributed by atoms with Crippen molar-refractivity contribution < 1.29 is 34.1 Å². The predicted molar refractivity (Wildman–Crippen MR) is 82.6 cm³/mol. The average Bonchev–Trinajstić information content (AvgIpc) is 2.61. The number of carboxylic acids is 2. The van der Waals surface area contributed by atoms with Crippen LogP contribution >= 0.6 is 0 Å². The Balaban J connectivity index is 2.42. The molecule has 0 atom stereocenters. The number of benzene rings is 2. The average molecular weight is 343 g/mol. The molecule has 0 radical (unpaired) electrons. The number of ether oxygens (including phenoxy) is 2. The molecule has 1 N–H and O–H groups in total. The maximum absolute atomic E-state index is 12.4. The fourth-order valence-corrected chi connectivity index (χ4v) is 2.13. The van der Waals surface area contributed by atoms with Crippen LogP contribution in [0.25, 0.3) is 0 Å². The molecule has 0 saturated carbocycles. The maximum Gasteiger partial charge on any atom is 0.256 e. The third-order valence-corrected chi connectivity index (χ3v) is 3.38. The molecule has 8 heteroatoms. The normalized spacial score (nSPS) is 10.0. The Kier molecular flexibility index (Phi) is 5.23.